The highest BCUT2D eigenvalue weighted by molar-refractivity contribution is 6.06. The van der Waals surface area contributed by atoms with Gasteiger partial charge < -0.3 is 16.4 Å². The maximum atomic E-state index is 12.7. The highest BCUT2D eigenvalue weighted by atomic mass is 16.2. The average molecular weight is 339 g/mol. The lowest BCUT2D eigenvalue weighted by atomic mass is 9.92. The van der Waals surface area contributed by atoms with E-state index in [1.54, 1.807) is 24.3 Å². The lowest BCUT2D eigenvalue weighted by Crippen LogP contribution is -2.20. The van der Waals surface area contributed by atoms with Crippen LogP contribution < -0.4 is 16.4 Å². The van der Waals surface area contributed by atoms with E-state index in [0.717, 1.165) is 16.8 Å². The first-order valence-corrected chi connectivity index (χ1v) is 8.40. The maximum absolute atomic E-state index is 12.7. The number of urea groups is 1. The van der Waals surface area contributed by atoms with Gasteiger partial charge in [0.25, 0.3) is 5.91 Å². The third-order valence-electron chi connectivity index (χ3n) is 4.00. The largest absolute Gasteiger partial charge is 0.351 e. The maximum Gasteiger partial charge on any atom is 0.316 e. The Kier molecular flexibility index (Phi) is 5.80. The zero-order valence-electron chi connectivity index (χ0n) is 15.1. The van der Waals surface area contributed by atoms with Crippen molar-refractivity contribution in [2.45, 2.75) is 39.5 Å². The summed E-state index contributed by atoms with van der Waals surface area (Å²) in [4.78, 5) is 23.7. The molecule has 0 radical (unpaired) electrons. The standard InChI is InChI=1S/C20H25N3O2/c1-12(2)16-9-6-10-17(13(3)4)18(16)23-19(24)14-7-5-8-15(11-14)22-20(21)25/h5-13H,1-4H3,(H,23,24)(H3,21,22,25). The molecular formula is C20H25N3O2. The normalized spacial score (nSPS) is 10.8. The molecule has 0 saturated carbocycles. The Labute approximate surface area is 148 Å². The third-order valence-corrected chi connectivity index (χ3v) is 4.00. The minimum absolute atomic E-state index is 0.219. The van der Waals surface area contributed by atoms with Crippen molar-refractivity contribution in [3.63, 3.8) is 0 Å². The van der Waals surface area contributed by atoms with Crippen LogP contribution in [-0.4, -0.2) is 11.9 Å². The van der Waals surface area contributed by atoms with Crippen molar-refractivity contribution in [2.75, 3.05) is 10.6 Å². The molecule has 0 aliphatic rings. The van der Waals surface area contributed by atoms with Crippen LogP contribution in [0.4, 0.5) is 16.2 Å². The topological polar surface area (TPSA) is 84.2 Å². The molecule has 4 N–H and O–H groups in total. The third kappa shape index (κ3) is 4.59. The van der Waals surface area contributed by atoms with Gasteiger partial charge in [-0.05, 0) is 41.2 Å². The van der Waals surface area contributed by atoms with Crippen LogP contribution in [0, 0.1) is 0 Å². The van der Waals surface area contributed by atoms with E-state index in [9.17, 15) is 9.59 Å². The van der Waals surface area contributed by atoms with Gasteiger partial charge in [0.1, 0.15) is 0 Å². The van der Waals surface area contributed by atoms with Crippen LogP contribution in [0.3, 0.4) is 0 Å². The van der Waals surface area contributed by atoms with Crippen LogP contribution in [0.5, 0.6) is 0 Å². The molecule has 132 valence electrons. The van der Waals surface area contributed by atoms with Crippen LogP contribution in [0.1, 0.15) is 61.0 Å². The number of carbonyl (C=O) groups is 2. The van der Waals surface area contributed by atoms with Crippen molar-refractivity contribution < 1.29 is 9.59 Å². The van der Waals surface area contributed by atoms with Crippen LogP contribution in [0.25, 0.3) is 0 Å². The van der Waals surface area contributed by atoms with E-state index in [0.29, 0.717) is 11.3 Å². The molecule has 3 amide bonds. The summed E-state index contributed by atoms with van der Waals surface area (Å²) in [6, 6.07) is 12.1. The molecule has 0 unspecified atom stereocenters. The lowest BCUT2D eigenvalue weighted by molar-refractivity contribution is 0.102. The monoisotopic (exact) mass is 339 g/mol. The molecule has 0 saturated heterocycles. The van der Waals surface area contributed by atoms with Gasteiger partial charge in [0.05, 0.1) is 0 Å². The molecule has 2 aromatic carbocycles. The number of nitrogens with one attached hydrogen (secondary N) is 2. The molecule has 2 aromatic rings. The fraction of sp³-hybridized carbons (Fsp3) is 0.300. The summed E-state index contributed by atoms with van der Waals surface area (Å²) in [5.41, 5.74) is 9.15. The second kappa shape index (κ2) is 7.83. The summed E-state index contributed by atoms with van der Waals surface area (Å²) >= 11 is 0. The van der Waals surface area contributed by atoms with E-state index < -0.39 is 6.03 Å². The van der Waals surface area contributed by atoms with Crippen molar-refractivity contribution in [3.8, 4) is 0 Å². The summed E-state index contributed by atoms with van der Waals surface area (Å²) in [7, 11) is 0. The summed E-state index contributed by atoms with van der Waals surface area (Å²) in [6.45, 7) is 8.41. The number of rotatable bonds is 5. The molecule has 0 fully saturated rings. The van der Waals surface area contributed by atoms with E-state index in [1.165, 1.54) is 0 Å². The van der Waals surface area contributed by atoms with Crippen LogP contribution >= 0.6 is 0 Å². The number of hydrogen-bond donors (Lipinski definition) is 3. The predicted octanol–water partition coefficient (Wildman–Crippen LogP) is 4.68. The second-order valence-corrected chi connectivity index (χ2v) is 6.65. The van der Waals surface area contributed by atoms with Gasteiger partial charge in [0.15, 0.2) is 0 Å². The molecular weight excluding hydrogens is 314 g/mol. The molecule has 5 heteroatoms. The molecule has 0 atom stereocenters. The van der Waals surface area contributed by atoms with Crippen molar-refractivity contribution >= 4 is 23.3 Å². The number of benzene rings is 2. The minimum Gasteiger partial charge on any atom is -0.351 e. The number of hydrogen-bond acceptors (Lipinski definition) is 2. The van der Waals surface area contributed by atoms with Crippen LogP contribution in [0.15, 0.2) is 42.5 Å². The average Bonchev–Trinajstić information content (AvgIpc) is 2.54. The highest BCUT2D eigenvalue weighted by Crippen LogP contribution is 2.32. The Morgan fingerprint density at radius 3 is 1.96 bits per heavy atom. The van der Waals surface area contributed by atoms with E-state index in [-0.39, 0.29) is 17.7 Å². The molecule has 2 rings (SSSR count). The first-order valence-electron chi connectivity index (χ1n) is 8.40. The van der Waals surface area contributed by atoms with Crippen molar-refractivity contribution in [2.24, 2.45) is 5.73 Å². The SMILES string of the molecule is CC(C)c1cccc(C(C)C)c1NC(=O)c1cccc(NC(N)=O)c1. The summed E-state index contributed by atoms with van der Waals surface area (Å²) < 4.78 is 0. The smallest absolute Gasteiger partial charge is 0.316 e. The minimum atomic E-state index is -0.662. The zero-order chi connectivity index (χ0) is 18.6. The Bertz CT molecular complexity index is 756. The molecule has 0 aliphatic heterocycles. The zero-order valence-corrected chi connectivity index (χ0v) is 15.1. The predicted molar refractivity (Wildman–Crippen MR) is 102 cm³/mol. The Hall–Kier alpha value is -2.82. The Morgan fingerprint density at radius 2 is 1.44 bits per heavy atom. The van der Waals surface area contributed by atoms with Gasteiger partial charge in [0.2, 0.25) is 0 Å². The molecule has 0 aliphatic carbocycles. The number of nitrogens with two attached hydrogens (primary N) is 1. The Morgan fingerprint density at radius 1 is 0.880 bits per heavy atom. The van der Waals surface area contributed by atoms with Gasteiger partial charge >= 0.3 is 6.03 Å². The molecule has 0 aromatic heterocycles. The van der Waals surface area contributed by atoms with E-state index in [1.807, 2.05) is 18.2 Å². The van der Waals surface area contributed by atoms with Crippen molar-refractivity contribution in [1.29, 1.82) is 0 Å². The number of anilines is 2. The van der Waals surface area contributed by atoms with Gasteiger partial charge in [-0.2, -0.15) is 0 Å². The van der Waals surface area contributed by atoms with Gasteiger partial charge in [-0.1, -0.05) is 52.0 Å². The first kappa shape index (κ1) is 18.5. The Balaban J connectivity index is 2.36. The fourth-order valence-electron chi connectivity index (χ4n) is 2.76. The molecule has 25 heavy (non-hydrogen) atoms. The molecule has 0 spiro atoms. The lowest BCUT2D eigenvalue weighted by Gasteiger charge is -2.20. The van der Waals surface area contributed by atoms with E-state index in [2.05, 4.69) is 38.3 Å². The van der Waals surface area contributed by atoms with E-state index in [4.69, 9.17) is 5.73 Å². The second-order valence-electron chi connectivity index (χ2n) is 6.65. The summed E-state index contributed by atoms with van der Waals surface area (Å²) in [5.74, 6) is 0.358. The van der Waals surface area contributed by atoms with Crippen molar-refractivity contribution in [3.05, 3.63) is 59.2 Å². The number of para-hydroxylation sites is 1. The number of carbonyl (C=O) groups excluding carboxylic acids is 2. The first-order chi connectivity index (χ1) is 11.8. The number of amides is 3. The summed E-state index contributed by atoms with van der Waals surface area (Å²) in [6.07, 6.45) is 0. The number of primary amides is 1. The van der Waals surface area contributed by atoms with Crippen LogP contribution in [-0.2, 0) is 0 Å². The van der Waals surface area contributed by atoms with Gasteiger partial charge in [-0.25, -0.2) is 4.79 Å². The molecule has 0 bridgehead atoms. The van der Waals surface area contributed by atoms with E-state index >= 15 is 0 Å². The fourth-order valence-corrected chi connectivity index (χ4v) is 2.76. The van der Waals surface area contributed by atoms with Crippen molar-refractivity contribution in [1.82, 2.24) is 0 Å². The summed E-state index contributed by atoms with van der Waals surface area (Å²) in [5, 5.41) is 5.54. The quantitative estimate of drug-likeness (QED) is 0.739. The molecule has 5 nitrogen and oxygen atoms in total. The van der Waals surface area contributed by atoms with Crippen LogP contribution in [0.2, 0.25) is 0 Å². The molecule has 0 heterocycles. The van der Waals surface area contributed by atoms with Gasteiger partial charge in [0, 0.05) is 16.9 Å². The van der Waals surface area contributed by atoms with Gasteiger partial charge in [-0.15, -0.1) is 0 Å². The highest BCUT2D eigenvalue weighted by Gasteiger charge is 2.17. The van der Waals surface area contributed by atoms with Gasteiger partial charge in [-0.3, -0.25) is 4.79 Å².